The van der Waals surface area contributed by atoms with E-state index in [1.54, 1.807) is 11.3 Å². The van der Waals surface area contributed by atoms with Gasteiger partial charge in [0.2, 0.25) is 11.8 Å². The number of anilines is 3. The smallest absolute Gasteiger partial charge is 0.227 e. The molecule has 0 saturated carbocycles. The lowest BCUT2D eigenvalue weighted by Gasteiger charge is -2.26. The van der Waals surface area contributed by atoms with Gasteiger partial charge in [0.1, 0.15) is 16.0 Å². The first-order valence-electron chi connectivity index (χ1n) is 17.7. The number of hydrogen-bond acceptors (Lipinski definition) is 7. The molecule has 0 N–H and O–H groups in total. The first-order chi connectivity index (χ1) is 26.7. The second kappa shape index (κ2) is 12.3. The summed E-state index contributed by atoms with van der Waals surface area (Å²) in [4.78, 5) is 16.6. The van der Waals surface area contributed by atoms with E-state index in [2.05, 4.69) is 120 Å². The van der Waals surface area contributed by atoms with Crippen LogP contribution in [-0.2, 0) is 0 Å². The summed E-state index contributed by atoms with van der Waals surface area (Å²) in [7, 11) is 0. The number of oxazole rings is 2. The molecule has 0 fully saturated rings. The van der Waals surface area contributed by atoms with Crippen molar-refractivity contribution in [3.05, 3.63) is 170 Å². The molecule has 0 radical (unpaired) electrons. The van der Waals surface area contributed by atoms with Crippen LogP contribution in [0.3, 0.4) is 0 Å². The molecule has 0 saturated heterocycles. The van der Waals surface area contributed by atoms with Crippen molar-refractivity contribution >= 4 is 82.4 Å². The highest BCUT2D eigenvalue weighted by Gasteiger charge is 2.17. The van der Waals surface area contributed by atoms with Crippen molar-refractivity contribution < 1.29 is 8.83 Å². The summed E-state index contributed by atoms with van der Waals surface area (Å²) in [5.74, 6) is 1.20. The summed E-state index contributed by atoms with van der Waals surface area (Å²) in [6, 6.07) is 58.5. The molecule has 6 nitrogen and oxygen atoms in total. The van der Waals surface area contributed by atoms with Gasteiger partial charge in [0, 0.05) is 33.8 Å². The molecule has 0 bridgehead atoms. The summed E-state index contributed by atoms with van der Waals surface area (Å²) < 4.78 is 13.4. The Hall–Kier alpha value is -7.09. The van der Waals surface area contributed by atoms with E-state index in [0.717, 1.165) is 71.9 Å². The topological polar surface area (TPSA) is 68.2 Å². The van der Waals surface area contributed by atoms with Crippen molar-refractivity contribution in [3.63, 3.8) is 0 Å². The Morgan fingerprint density at radius 1 is 0.407 bits per heavy atom. The van der Waals surface area contributed by atoms with Gasteiger partial charge >= 0.3 is 0 Å². The van der Waals surface area contributed by atoms with Crippen LogP contribution < -0.4 is 4.90 Å². The zero-order valence-electron chi connectivity index (χ0n) is 28.7. The van der Waals surface area contributed by atoms with Crippen LogP contribution in [0.2, 0.25) is 0 Å². The fourth-order valence-electron chi connectivity index (χ4n) is 7.27. The minimum atomic E-state index is 0.598. The highest BCUT2D eigenvalue weighted by atomic mass is 32.1. The van der Waals surface area contributed by atoms with E-state index in [1.807, 2.05) is 54.6 Å². The van der Waals surface area contributed by atoms with Crippen molar-refractivity contribution in [1.82, 2.24) is 15.0 Å². The Labute approximate surface area is 313 Å². The summed E-state index contributed by atoms with van der Waals surface area (Å²) in [6.45, 7) is 0. The van der Waals surface area contributed by atoms with Gasteiger partial charge < -0.3 is 13.7 Å². The van der Waals surface area contributed by atoms with Gasteiger partial charge in [-0.25, -0.2) is 15.0 Å². The first-order valence-corrected chi connectivity index (χ1v) is 18.6. The molecule has 0 spiro atoms. The molecule has 54 heavy (non-hydrogen) atoms. The molecule has 11 aromatic rings. The van der Waals surface area contributed by atoms with Crippen LogP contribution in [0.4, 0.5) is 17.1 Å². The van der Waals surface area contributed by atoms with E-state index in [-0.39, 0.29) is 0 Å². The van der Waals surface area contributed by atoms with Crippen LogP contribution >= 0.6 is 11.3 Å². The molecule has 0 aliphatic carbocycles. The summed E-state index contributed by atoms with van der Waals surface area (Å²) >= 11 is 1.73. The van der Waals surface area contributed by atoms with Gasteiger partial charge in [0.15, 0.2) is 11.2 Å². The fourth-order valence-corrected chi connectivity index (χ4v) is 8.23. The Bertz CT molecular complexity index is 2960. The van der Waals surface area contributed by atoms with Crippen LogP contribution in [-0.4, -0.2) is 15.0 Å². The molecule has 0 aliphatic heterocycles. The van der Waals surface area contributed by atoms with Crippen LogP contribution in [0.5, 0.6) is 0 Å². The predicted molar refractivity (Wildman–Crippen MR) is 221 cm³/mol. The quantitative estimate of drug-likeness (QED) is 0.160. The zero-order valence-corrected chi connectivity index (χ0v) is 29.5. The summed E-state index contributed by atoms with van der Waals surface area (Å²) in [5.41, 5.74) is 10.3. The molecule has 3 aromatic heterocycles. The zero-order chi connectivity index (χ0) is 35.6. The van der Waals surface area contributed by atoms with Crippen molar-refractivity contribution in [2.24, 2.45) is 0 Å². The summed E-state index contributed by atoms with van der Waals surface area (Å²) in [5, 5.41) is 5.79. The van der Waals surface area contributed by atoms with Gasteiger partial charge in [0.05, 0.1) is 10.2 Å². The number of fused-ring (bicyclic) bond motifs is 6. The lowest BCUT2D eigenvalue weighted by Crippen LogP contribution is -2.09. The number of rotatable bonds is 6. The lowest BCUT2D eigenvalue weighted by molar-refractivity contribution is 0.619. The maximum Gasteiger partial charge on any atom is 0.227 e. The Morgan fingerprint density at radius 2 is 0.907 bits per heavy atom. The SMILES string of the molecule is c1ccc2oc(-c3ccc(N(c4ccc(-c5nc6ccccc6o5)cc4)c4ccc5c(ccc6cc(-c7nc8ccccc8s7)ccc65)c4)cc3)nc2c1. The fraction of sp³-hybridized carbons (Fsp3) is 0. The van der Waals surface area contributed by atoms with Gasteiger partial charge in [-0.15, -0.1) is 11.3 Å². The van der Waals surface area contributed by atoms with Crippen LogP contribution in [0, 0.1) is 0 Å². The third kappa shape index (κ3) is 5.21. The highest BCUT2D eigenvalue weighted by molar-refractivity contribution is 7.21. The molecule has 254 valence electrons. The standard InChI is InChI=1S/C47H28N4O2S/c1-4-10-42-39(7-1)48-45(52-42)29-15-20-34(21-16-29)51(35-22-17-30(18-23-35)46-49-40-8-2-5-11-43(40)53-46)36-24-26-38-32(28-36)14-13-31-27-33(19-25-37(31)38)47-50-41-9-3-6-12-44(41)54-47/h1-28H. The monoisotopic (exact) mass is 712 g/mol. The molecule has 0 unspecified atom stereocenters. The molecular formula is C47H28N4O2S. The molecule has 0 aliphatic rings. The van der Waals surface area contributed by atoms with E-state index >= 15 is 0 Å². The van der Waals surface area contributed by atoms with Gasteiger partial charge in [-0.1, -0.05) is 66.7 Å². The minimum absolute atomic E-state index is 0.598. The van der Waals surface area contributed by atoms with Gasteiger partial charge in [-0.2, -0.15) is 0 Å². The number of benzene rings is 8. The number of aromatic nitrogens is 3. The molecule has 0 atom stereocenters. The maximum atomic E-state index is 6.09. The lowest BCUT2D eigenvalue weighted by atomic mass is 9.99. The van der Waals surface area contributed by atoms with Crippen LogP contribution in [0.15, 0.2) is 179 Å². The van der Waals surface area contributed by atoms with Crippen molar-refractivity contribution in [2.45, 2.75) is 0 Å². The Kier molecular flexibility index (Phi) is 6.93. The predicted octanol–water partition coefficient (Wildman–Crippen LogP) is 13.4. The van der Waals surface area contributed by atoms with Gasteiger partial charge in [-0.3, -0.25) is 0 Å². The second-order valence-corrected chi connectivity index (χ2v) is 14.3. The van der Waals surface area contributed by atoms with Crippen LogP contribution in [0.25, 0.3) is 87.4 Å². The largest absolute Gasteiger partial charge is 0.436 e. The van der Waals surface area contributed by atoms with Crippen molar-refractivity contribution in [2.75, 3.05) is 4.90 Å². The number of hydrogen-bond donors (Lipinski definition) is 0. The molecule has 7 heteroatoms. The number of para-hydroxylation sites is 5. The van der Waals surface area contributed by atoms with Crippen molar-refractivity contribution in [3.8, 4) is 33.5 Å². The van der Waals surface area contributed by atoms with E-state index in [9.17, 15) is 0 Å². The molecular weight excluding hydrogens is 685 g/mol. The molecule has 3 heterocycles. The third-order valence-electron chi connectivity index (χ3n) is 9.95. The van der Waals surface area contributed by atoms with E-state index in [1.165, 1.54) is 20.9 Å². The average molecular weight is 713 g/mol. The van der Waals surface area contributed by atoms with E-state index in [4.69, 9.17) is 23.8 Å². The van der Waals surface area contributed by atoms with E-state index < -0.39 is 0 Å². The number of thiazole rings is 1. The first kappa shape index (κ1) is 30.5. The molecule has 8 aromatic carbocycles. The molecule has 0 amide bonds. The van der Waals surface area contributed by atoms with Gasteiger partial charge in [-0.05, 0) is 125 Å². The highest BCUT2D eigenvalue weighted by Crippen LogP contribution is 2.40. The average Bonchev–Trinajstić information content (AvgIpc) is 3.98. The van der Waals surface area contributed by atoms with E-state index in [0.29, 0.717) is 11.8 Å². The normalized spacial score (nSPS) is 11.7. The third-order valence-corrected chi connectivity index (χ3v) is 11.0. The Balaban J connectivity index is 0.988. The van der Waals surface area contributed by atoms with Gasteiger partial charge in [0.25, 0.3) is 0 Å². The van der Waals surface area contributed by atoms with Crippen molar-refractivity contribution in [1.29, 1.82) is 0 Å². The number of nitrogens with zero attached hydrogens (tertiary/aromatic N) is 4. The van der Waals surface area contributed by atoms with Crippen LogP contribution in [0.1, 0.15) is 0 Å². The second-order valence-electron chi connectivity index (χ2n) is 13.3. The Morgan fingerprint density at radius 3 is 1.50 bits per heavy atom. The molecule has 11 rings (SSSR count). The minimum Gasteiger partial charge on any atom is -0.436 e. The maximum absolute atomic E-state index is 6.09. The summed E-state index contributed by atoms with van der Waals surface area (Å²) in [6.07, 6.45) is 0.